The standard InChI is InChI=1S/C18H20N2O5/c1-23-13-6-4-5-12(9-13)18(22)19-11-17(21)20-15-10-14(24-2)7-8-16(15)25-3/h4-10H,11H2,1-3H3,(H,19,22)(H,20,21). The van der Waals surface area contributed by atoms with E-state index < -0.39 is 0 Å². The van der Waals surface area contributed by atoms with Crippen LogP contribution in [0.15, 0.2) is 42.5 Å². The summed E-state index contributed by atoms with van der Waals surface area (Å²) in [5, 5.41) is 5.24. The maximum absolute atomic E-state index is 12.1. The quantitative estimate of drug-likeness (QED) is 0.803. The topological polar surface area (TPSA) is 85.9 Å². The van der Waals surface area contributed by atoms with Gasteiger partial charge in [0.2, 0.25) is 5.91 Å². The predicted molar refractivity (Wildman–Crippen MR) is 93.5 cm³/mol. The Morgan fingerprint density at radius 3 is 2.32 bits per heavy atom. The molecule has 25 heavy (non-hydrogen) atoms. The highest BCUT2D eigenvalue weighted by molar-refractivity contribution is 6.00. The van der Waals surface area contributed by atoms with E-state index in [4.69, 9.17) is 14.2 Å². The number of rotatable bonds is 7. The fourth-order valence-electron chi connectivity index (χ4n) is 2.13. The molecule has 0 saturated carbocycles. The normalized spacial score (nSPS) is 9.88. The number of ether oxygens (including phenoxy) is 3. The lowest BCUT2D eigenvalue weighted by molar-refractivity contribution is -0.115. The Bertz CT molecular complexity index is 761. The van der Waals surface area contributed by atoms with Crippen molar-refractivity contribution in [3.63, 3.8) is 0 Å². The number of carbonyl (C=O) groups excluding carboxylic acids is 2. The molecule has 7 heteroatoms. The van der Waals surface area contributed by atoms with E-state index in [0.29, 0.717) is 28.5 Å². The van der Waals surface area contributed by atoms with Crippen molar-refractivity contribution in [3.05, 3.63) is 48.0 Å². The second kappa shape index (κ2) is 8.58. The first-order valence-electron chi connectivity index (χ1n) is 7.51. The van der Waals surface area contributed by atoms with E-state index >= 15 is 0 Å². The molecule has 7 nitrogen and oxygen atoms in total. The smallest absolute Gasteiger partial charge is 0.251 e. The van der Waals surface area contributed by atoms with Crippen molar-refractivity contribution in [2.45, 2.75) is 0 Å². The van der Waals surface area contributed by atoms with Crippen LogP contribution in [-0.2, 0) is 4.79 Å². The Morgan fingerprint density at radius 2 is 1.64 bits per heavy atom. The number of carbonyl (C=O) groups is 2. The largest absolute Gasteiger partial charge is 0.497 e. The Balaban J connectivity index is 1.97. The highest BCUT2D eigenvalue weighted by Gasteiger charge is 2.12. The maximum Gasteiger partial charge on any atom is 0.251 e. The zero-order chi connectivity index (χ0) is 18.2. The van der Waals surface area contributed by atoms with Gasteiger partial charge >= 0.3 is 0 Å². The molecule has 0 saturated heterocycles. The number of anilines is 1. The summed E-state index contributed by atoms with van der Waals surface area (Å²) in [6.07, 6.45) is 0. The van der Waals surface area contributed by atoms with Crippen LogP contribution in [0.4, 0.5) is 5.69 Å². The van der Waals surface area contributed by atoms with Gasteiger partial charge in [0.25, 0.3) is 5.91 Å². The SMILES string of the molecule is COc1cccc(C(=O)NCC(=O)Nc2cc(OC)ccc2OC)c1. The second-order valence-electron chi connectivity index (χ2n) is 5.03. The van der Waals surface area contributed by atoms with E-state index in [9.17, 15) is 9.59 Å². The Morgan fingerprint density at radius 1 is 0.920 bits per heavy atom. The third-order valence-electron chi connectivity index (χ3n) is 3.42. The Kier molecular flexibility index (Phi) is 6.22. The van der Waals surface area contributed by atoms with Gasteiger partial charge in [-0.25, -0.2) is 0 Å². The lowest BCUT2D eigenvalue weighted by atomic mass is 10.2. The molecule has 0 aliphatic heterocycles. The molecule has 2 amide bonds. The fourth-order valence-corrected chi connectivity index (χ4v) is 2.13. The van der Waals surface area contributed by atoms with Crippen molar-refractivity contribution in [2.75, 3.05) is 33.2 Å². The van der Waals surface area contributed by atoms with Crippen molar-refractivity contribution >= 4 is 17.5 Å². The molecule has 0 fully saturated rings. The first-order chi connectivity index (χ1) is 12.1. The summed E-state index contributed by atoms with van der Waals surface area (Å²) in [5.41, 5.74) is 0.869. The molecule has 0 aliphatic rings. The van der Waals surface area contributed by atoms with Gasteiger partial charge < -0.3 is 24.8 Å². The summed E-state index contributed by atoms with van der Waals surface area (Å²) < 4.78 is 15.4. The van der Waals surface area contributed by atoms with E-state index in [1.165, 1.54) is 21.3 Å². The minimum Gasteiger partial charge on any atom is -0.497 e. The van der Waals surface area contributed by atoms with Crippen LogP contribution in [0, 0.1) is 0 Å². The molecular formula is C18H20N2O5. The van der Waals surface area contributed by atoms with Gasteiger partial charge in [0.15, 0.2) is 0 Å². The second-order valence-corrected chi connectivity index (χ2v) is 5.03. The monoisotopic (exact) mass is 344 g/mol. The summed E-state index contributed by atoms with van der Waals surface area (Å²) in [5.74, 6) is 0.887. The van der Waals surface area contributed by atoms with Gasteiger partial charge in [-0.3, -0.25) is 9.59 Å². The van der Waals surface area contributed by atoms with Crippen molar-refractivity contribution in [1.82, 2.24) is 5.32 Å². The van der Waals surface area contributed by atoms with Gasteiger partial charge in [0, 0.05) is 11.6 Å². The average Bonchev–Trinajstić information content (AvgIpc) is 2.66. The van der Waals surface area contributed by atoms with Crippen LogP contribution in [-0.4, -0.2) is 39.7 Å². The molecule has 2 aromatic rings. The Labute approximate surface area is 145 Å². The molecule has 0 aliphatic carbocycles. The van der Waals surface area contributed by atoms with Crippen molar-refractivity contribution < 1.29 is 23.8 Å². The third-order valence-corrected chi connectivity index (χ3v) is 3.42. The van der Waals surface area contributed by atoms with Crippen LogP contribution < -0.4 is 24.8 Å². The summed E-state index contributed by atoms with van der Waals surface area (Å²) in [6.45, 7) is -0.184. The lowest BCUT2D eigenvalue weighted by Gasteiger charge is -2.12. The van der Waals surface area contributed by atoms with Gasteiger partial charge in [-0.2, -0.15) is 0 Å². The van der Waals surface area contributed by atoms with E-state index in [0.717, 1.165) is 0 Å². The summed E-state index contributed by atoms with van der Waals surface area (Å²) in [7, 11) is 4.55. The molecule has 0 spiro atoms. The van der Waals surface area contributed by atoms with Crippen molar-refractivity contribution in [3.8, 4) is 17.2 Å². The maximum atomic E-state index is 12.1. The molecule has 0 radical (unpaired) electrons. The van der Waals surface area contributed by atoms with Crippen LogP contribution in [0.5, 0.6) is 17.2 Å². The highest BCUT2D eigenvalue weighted by atomic mass is 16.5. The van der Waals surface area contributed by atoms with Crippen molar-refractivity contribution in [2.24, 2.45) is 0 Å². The predicted octanol–water partition coefficient (Wildman–Crippen LogP) is 2.08. The summed E-state index contributed by atoms with van der Waals surface area (Å²) in [4.78, 5) is 24.2. The summed E-state index contributed by atoms with van der Waals surface area (Å²) >= 11 is 0. The van der Waals surface area contributed by atoms with E-state index in [1.54, 1.807) is 42.5 Å². The molecule has 0 atom stereocenters. The molecular weight excluding hydrogens is 324 g/mol. The molecule has 132 valence electrons. The van der Waals surface area contributed by atoms with Crippen LogP contribution >= 0.6 is 0 Å². The van der Waals surface area contributed by atoms with Gasteiger partial charge in [-0.1, -0.05) is 6.07 Å². The minimum absolute atomic E-state index is 0.184. The molecule has 2 aromatic carbocycles. The first kappa shape index (κ1) is 18.1. The molecule has 0 bridgehead atoms. The number of amides is 2. The van der Waals surface area contributed by atoms with Gasteiger partial charge in [-0.15, -0.1) is 0 Å². The van der Waals surface area contributed by atoms with Crippen molar-refractivity contribution in [1.29, 1.82) is 0 Å². The van der Waals surface area contributed by atoms with E-state index in [-0.39, 0.29) is 18.4 Å². The van der Waals surface area contributed by atoms with Crippen LogP contribution in [0.25, 0.3) is 0 Å². The number of methoxy groups -OCH3 is 3. The highest BCUT2D eigenvalue weighted by Crippen LogP contribution is 2.28. The molecule has 2 N–H and O–H groups in total. The number of hydrogen-bond acceptors (Lipinski definition) is 5. The number of nitrogens with one attached hydrogen (secondary N) is 2. The third kappa shape index (κ3) is 4.87. The zero-order valence-electron chi connectivity index (χ0n) is 14.3. The van der Waals surface area contributed by atoms with Gasteiger partial charge in [0.05, 0.1) is 33.6 Å². The number of hydrogen-bond donors (Lipinski definition) is 2. The molecule has 2 rings (SSSR count). The molecule has 0 aromatic heterocycles. The van der Waals surface area contributed by atoms with E-state index in [1.807, 2.05) is 0 Å². The fraction of sp³-hybridized carbons (Fsp3) is 0.222. The van der Waals surface area contributed by atoms with Crippen LogP contribution in [0.2, 0.25) is 0 Å². The van der Waals surface area contributed by atoms with Crippen LogP contribution in [0.3, 0.4) is 0 Å². The van der Waals surface area contributed by atoms with Crippen LogP contribution in [0.1, 0.15) is 10.4 Å². The average molecular weight is 344 g/mol. The Hall–Kier alpha value is -3.22. The van der Waals surface area contributed by atoms with Gasteiger partial charge in [0.1, 0.15) is 17.2 Å². The summed E-state index contributed by atoms with van der Waals surface area (Å²) in [6, 6.07) is 11.7. The first-order valence-corrected chi connectivity index (χ1v) is 7.51. The molecule has 0 unspecified atom stereocenters. The number of benzene rings is 2. The zero-order valence-corrected chi connectivity index (χ0v) is 14.3. The van der Waals surface area contributed by atoms with E-state index in [2.05, 4.69) is 10.6 Å². The van der Waals surface area contributed by atoms with Gasteiger partial charge in [-0.05, 0) is 30.3 Å². The minimum atomic E-state index is -0.386. The lowest BCUT2D eigenvalue weighted by Crippen LogP contribution is -2.32. The molecule has 0 heterocycles.